The number of nitrogens with zero attached hydrogens (tertiary/aromatic N) is 3. The van der Waals surface area contributed by atoms with Gasteiger partial charge in [0.15, 0.2) is 5.75 Å². The summed E-state index contributed by atoms with van der Waals surface area (Å²) in [4.78, 5) is 30.4. The average Bonchev–Trinajstić information content (AvgIpc) is 3.03. The molecular weight excluding hydrogens is 424 g/mol. The first kappa shape index (κ1) is 18.0. The van der Waals surface area contributed by atoms with Crippen LogP contribution in [0.5, 0.6) is 5.75 Å². The molecule has 2 aromatic carbocycles. The van der Waals surface area contributed by atoms with Crippen LogP contribution in [0.25, 0.3) is 11.0 Å². The van der Waals surface area contributed by atoms with Gasteiger partial charge in [0.25, 0.3) is 0 Å². The molecule has 2 aromatic heterocycles. The Morgan fingerprint density at radius 2 is 1.96 bits per heavy atom. The molecule has 2 heterocycles. The van der Waals surface area contributed by atoms with Gasteiger partial charge in [0.1, 0.15) is 0 Å². The lowest BCUT2D eigenvalue weighted by atomic mass is 10.3. The number of halogens is 1. The van der Waals surface area contributed by atoms with E-state index in [1.807, 2.05) is 41.9 Å². The summed E-state index contributed by atoms with van der Waals surface area (Å²) in [5, 5.41) is 3.28. The predicted octanol–water partition coefficient (Wildman–Crippen LogP) is 4.63. The maximum atomic E-state index is 11.9. The minimum absolute atomic E-state index is 0.308. The number of benzene rings is 2. The Morgan fingerprint density at radius 1 is 1.14 bits per heavy atom. The summed E-state index contributed by atoms with van der Waals surface area (Å²) in [7, 11) is 1.92. The van der Waals surface area contributed by atoms with Crippen molar-refractivity contribution >= 4 is 44.6 Å². The van der Waals surface area contributed by atoms with Crippen molar-refractivity contribution in [1.29, 1.82) is 0 Å². The Morgan fingerprint density at radius 3 is 2.71 bits per heavy atom. The van der Waals surface area contributed by atoms with Gasteiger partial charge in [-0.1, -0.05) is 15.9 Å². The second kappa shape index (κ2) is 7.69. The molecule has 0 radical (unpaired) electrons. The number of hydrogen-bond donors (Lipinski definition) is 1. The minimum atomic E-state index is -0.619. The molecule has 0 spiro atoms. The van der Waals surface area contributed by atoms with Gasteiger partial charge in [-0.3, -0.25) is 9.87 Å². The first-order valence-corrected chi connectivity index (χ1v) is 9.17. The van der Waals surface area contributed by atoms with E-state index in [0.29, 0.717) is 22.8 Å². The third kappa shape index (κ3) is 3.81. The van der Waals surface area contributed by atoms with E-state index < -0.39 is 5.97 Å². The Hall–Kier alpha value is -3.39. The van der Waals surface area contributed by atoms with Crippen LogP contribution in [0.3, 0.4) is 0 Å². The highest BCUT2D eigenvalue weighted by Gasteiger charge is 2.12. The highest BCUT2D eigenvalue weighted by Crippen LogP contribution is 2.26. The lowest BCUT2D eigenvalue weighted by Gasteiger charge is -2.06. The number of fused-ring (bicyclic) bond motifs is 1. The summed E-state index contributed by atoms with van der Waals surface area (Å²) < 4.78 is 2.94. The predicted molar refractivity (Wildman–Crippen MR) is 108 cm³/mol. The van der Waals surface area contributed by atoms with Crippen LogP contribution < -0.4 is 10.2 Å². The van der Waals surface area contributed by atoms with Crippen LogP contribution in [0.1, 0.15) is 10.4 Å². The fourth-order valence-corrected chi connectivity index (χ4v) is 2.89. The molecule has 8 heteroatoms. The van der Waals surface area contributed by atoms with E-state index in [0.717, 1.165) is 15.7 Å². The van der Waals surface area contributed by atoms with Crippen LogP contribution in [0, 0.1) is 0 Å². The maximum absolute atomic E-state index is 11.9. The molecule has 0 aliphatic heterocycles. The third-order valence-electron chi connectivity index (χ3n) is 4.06. The largest absolute Gasteiger partial charge is 0.387 e. The second-order valence-electron chi connectivity index (χ2n) is 5.97. The number of nitrogens with one attached hydrogen (secondary N) is 1. The number of carbonyl (C=O) groups is 1. The Kier molecular flexibility index (Phi) is 4.94. The Balaban J connectivity index is 1.51. The normalized spacial score (nSPS) is 10.6. The number of pyridine rings is 1. The summed E-state index contributed by atoms with van der Waals surface area (Å²) in [6.45, 7) is 0. The zero-order chi connectivity index (χ0) is 19.5. The molecule has 28 heavy (non-hydrogen) atoms. The fraction of sp³-hybridized carbons (Fsp3) is 0.0500. The summed E-state index contributed by atoms with van der Waals surface area (Å²) in [5.74, 6) is 0.437. The van der Waals surface area contributed by atoms with Gasteiger partial charge in [0, 0.05) is 35.7 Å². The van der Waals surface area contributed by atoms with E-state index in [9.17, 15) is 4.79 Å². The summed E-state index contributed by atoms with van der Waals surface area (Å²) in [6, 6.07) is 16.3. The quantitative estimate of drug-likeness (QED) is 0.361. The van der Waals surface area contributed by atoms with Crippen molar-refractivity contribution in [3.8, 4) is 5.75 Å². The number of aromatic nitrogens is 3. The minimum Gasteiger partial charge on any atom is -0.326 e. The molecule has 7 nitrogen and oxygen atoms in total. The van der Waals surface area contributed by atoms with Crippen molar-refractivity contribution in [3.63, 3.8) is 0 Å². The molecule has 0 bridgehead atoms. The summed E-state index contributed by atoms with van der Waals surface area (Å²) in [5.41, 5.74) is 2.84. The van der Waals surface area contributed by atoms with Crippen LogP contribution in [0.15, 0.2) is 71.5 Å². The third-order valence-corrected chi connectivity index (χ3v) is 4.59. The van der Waals surface area contributed by atoms with Gasteiger partial charge in [-0.05, 0) is 48.5 Å². The topological polar surface area (TPSA) is 78.3 Å². The van der Waals surface area contributed by atoms with Crippen molar-refractivity contribution in [1.82, 2.24) is 14.5 Å². The van der Waals surface area contributed by atoms with Gasteiger partial charge in [-0.25, -0.2) is 14.7 Å². The van der Waals surface area contributed by atoms with E-state index >= 15 is 0 Å². The van der Waals surface area contributed by atoms with E-state index in [-0.39, 0.29) is 0 Å². The molecule has 140 valence electrons. The first-order valence-electron chi connectivity index (χ1n) is 8.38. The number of anilines is 2. The monoisotopic (exact) mass is 438 g/mol. The van der Waals surface area contributed by atoms with Gasteiger partial charge >= 0.3 is 5.97 Å². The van der Waals surface area contributed by atoms with Crippen LogP contribution in [0.4, 0.5) is 11.6 Å². The molecular formula is C20H15BrN4O3. The maximum Gasteiger partial charge on any atom is 0.387 e. The molecule has 0 atom stereocenters. The van der Waals surface area contributed by atoms with Gasteiger partial charge in [-0.2, -0.15) is 0 Å². The Labute approximate surface area is 169 Å². The molecule has 4 aromatic rings. The molecule has 0 saturated heterocycles. The van der Waals surface area contributed by atoms with Crippen LogP contribution in [-0.2, 0) is 11.9 Å². The summed E-state index contributed by atoms with van der Waals surface area (Å²) in [6.07, 6.45) is 2.99. The number of imidazole rings is 1. The number of hydrogen-bond acceptors (Lipinski definition) is 6. The molecule has 0 unspecified atom stereocenters. The molecule has 4 rings (SSSR count). The Bertz CT molecular complexity index is 1130. The highest BCUT2D eigenvalue weighted by molar-refractivity contribution is 9.10. The molecule has 1 N–H and O–H groups in total. The first-order chi connectivity index (χ1) is 13.6. The molecule has 0 amide bonds. The van der Waals surface area contributed by atoms with Crippen molar-refractivity contribution in [2.45, 2.75) is 0 Å². The second-order valence-corrected chi connectivity index (χ2v) is 6.89. The number of rotatable bonds is 5. The number of aryl methyl sites for hydroxylation is 1. The van der Waals surface area contributed by atoms with Crippen molar-refractivity contribution in [2.24, 2.45) is 7.05 Å². The summed E-state index contributed by atoms with van der Waals surface area (Å²) >= 11 is 3.42. The van der Waals surface area contributed by atoms with Gasteiger partial charge < -0.3 is 9.88 Å². The van der Waals surface area contributed by atoms with E-state index in [1.165, 1.54) is 6.20 Å². The lowest BCUT2D eigenvalue weighted by Crippen LogP contribution is -2.08. The van der Waals surface area contributed by atoms with E-state index in [4.69, 9.17) is 9.78 Å². The van der Waals surface area contributed by atoms with Gasteiger partial charge in [0.05, 0.1) is 16.6 Å². The average molecular weight is 439 g/mol. The molecule has 0 fully saturated rings. The molecule has 0 saturated carbocycles. The smallest absolute Gasteiger partial charge is 0.326 e. The van der Waals surface area contributed by atoms with Gasteiger partial charge in [-0.15, -0.1) is 0 Å². The van der Waals surface area contributed by atoms with Crippen molar-refractivity contribution in [2.75, 3.05) is 5.32 Å². The van der Waals surface area contributed by atoms with E-state index in [2.05, 4.69) is 31.2 Å². The van der Waals surface area contributed by atoms with Crippen LogP contribution >= 0.6 is 15.9 Å². The zero-order valence-corrected chi connectivity index (χ0v) is 16.4. The van der Waals surface area contributed by atoms with Crippen molar-refractivity contribution < 1.29 is 14.6 Å². The molecule has 0 aliphatic rings. The van der Waals surface area contributed by atoms with Crippen LogP contribution in [-0.4, -0.2) is 20.5 Å². The molecule has 0 aliphatic carbocycles. The van der Waals surface area contributed by atoms with E-state index in [1.54, 1.807) is 30.5 Å². The van der Waals surface area contributed by atoms with Gasteiger partial charge in [0.2, 0.25) is 5.95 Å². The fourth-order valence-electron chi connectivity index (χ4n) is 2.62. The van der Waals surface area contributed by atoms with Crippen molar-refractivity contribution in [3.05, 3.63) is 77.0 Å². The lowest BCUT2D eigenvalue weighted by molar-refractivity contribution is -0.149. The zero-order valence-electron chi connectivity index (χ0n) is 14.8. The number of carbonyl (C=O) groups excluding carboxylic acids is 1. The standard InChI is InChI=1S/C20H15BrN4O3/c1-25-18-9-8-16(27-28-19(26)13-3-2-10-22-12-13)11-17(18)24-20(25)23-15-6-4-14(21)5-7-15/h2-12H,1H3,(H,23,24). The SMILES string of the molecule is Cn1c(Nc2ccc(Br)cc2)nc2cc(OOC(=O)c3cccnc3)ccc21. The van der Waals surface area contributed by atoms with Crippen LogP contribution in [0.2, 0.25) is 0 Å². The highest BCUT2D eigenvalue weighted by atomic mass is 79.9.